The third-order valence-electron chi connectivity index (χ3n) is 2.43. The first-order valence-corrected chi connectivity index (χ1v) is 6.46. The lowest BCUT2D eigenvalue weighted by Crippen LogP contribution is -2.39. The van der Waals surface area contributed by atoms with E-state index in [2.05, 4.69) is 29.5 Å². The molecule has 0 spiro atoms. The van der Waals surface area contributed by atoms with E-state index in [1.165, 1.54) is 12.8 Å². The molecular formula is C12H25N3O. The summed E-state index contributed by atoms with van der Waals surface area (Å²) in [5, 5.41) is 6.48. The van der Waals surface area contributed by atoms with E-state index in [0.717, 1.165) is 51.1 Å². The van der Waals surface area contributed by atoms with Crippen LogP contribution in [0, 0.1) is 5.92 Å². The van der Waals surface area contributed by atoms with Gasteiger partial charge in [0, 0.05) is 26.2 Å². The van der Waals surface area contributed by atoms with E-state index < -0.39 is 0 Å². The molecule has 4 heteroatoms. The van der Waals surface area contributed by atoms with Crippen LogP contribution in [0.1, 0.15) is 33.1 Å². The number of rotatable bonds is 8. The normalized spacial score (nSPS) is 16.2. The van der Waals surface area contributed by atoms with Crippen molar-refractivity contribution in [3.05, 3.63) is 0 Å². The van der Waals surface area contributed by atoms with Crippen LogP contribution in [-0.2, 0) is 4.74 Å². The van der Waals surface area contributed by atoms with Gasteiger partial charge in [0.15, 0.2) is 5.96 Å². The van der Waals surface area contributed by atoms with Crippen molar-refractivity contribution in [1.82, 2.24) is 10.6 Å². The fourth-order valence-corrected chi connectivity index (χ4v) is 1.34. The molecule has 0 aromatic carbocycles. The molecule has 1 fully saturated rings. The molecule has 0 atom stereocenters. The first-order valence-electron chi connectivity index (χ1n) is 6.46. The summed E-state index contributed by atoms with van der Waals surface area (Å²) in [6.07, 6.45) is 3.79. The molecule has 94 valence electrons. The molecule has 1 aliphatic rings. The van der Waals surface area contributed by atoms with Crippen LogP contribution in [0.25, 0.3) is 0 Å². The van der Waals surface area contributed by atoms with Crippen LogP contribution in [0.4, 0.5) is 0 Å². The summed E-state index contributed by atoms with van der Waals surface area (Å²) in [7, 11) is 0. The molecule has 0 heterocycles. The van der Waals surface area contributed by atoms with Gasteiger partial charge < -0.3 is 15.4 Å². The largest absolute Gasteiger partial charge is 0.379 e. The first kappa shape index (κ1) is 13.3. The van der Waals surface area contributed by atoms with Gasteiger partial charge in [-0.25, -0.2) is 0 Å². The third kappa shape index (κ3) is 6.67. The van der Waals surface area contributed by atoms with Gasteiger partial charge in [-0.15, -0.1) is 0 Å². The molecule has 0 amide bonds. The van der Waals surface area contributed by atoms with Crippen LogP contribution in [-0.4, -0.2) is 38.8 Å². The molecule has 1 rings (SSSR count). The molecule has 0 radical (unpaired) electrons. The predicted octanol–water partition coefficient (Wildman–Crippen LogP) is 1.38. The number of hydrogen-bond donors (Lipinski definition) is 2. The summed E-state index contributed by atoms with van der Waals surface area (Å²) in [5.41, 5.74) is 0. The monoisotopic (exact) mass is 227 g/mol. The Labute approximate surface area is 98.9 Å². The Kier molecular flexibility index (Phi) is 6.97. The van der Waals surface area contributed by atoms with Crippen molar-refractivity contribution in [2.24, 2.45) is 10.9 Å². The standard InChI is InChI=1S/C12H25N3O/c1-3-7-14-12(13-4-2)15-8-9-16-10-11-5-6-11/h11H,3-10H2,1-2H3,(H2,13,14,15). The Morgan fingerprint density at radius 1 is 1.31 bits per heavy atom. The SMILES string of the molecule is CCCN=C(NCC)NCCOCC1CC1. The number of guanidine groups is 1. The van der Waals surface area contributed by atoms with Crippen molar-refractivity contribution in [3.8, 4) is 0 Å². The maximum Gasteiger partial charge on any atom is 0.191 e. The number of ether oxygens (including phenoxy) is 1. The first-order chi connectivity index (χ1) is 7.86. The Balaban J connectivity index is 2.00. The van der Waals surface area contributed by atoms with Gasteiger partial charge in [-0.3, -0.25) is 4.99 Å². The smallest absolute Gasteiger partial charge is 0.191 e. The Bertz CT molecular complexity index is 202. The number of nitrogens with one attached hydrogen (secondary N) is 2. The molecule has 0 bridgehead atoms. The molecule has 0 aromatic heterocycles. The summed E-state index contributed by atoms with van der Waals surface area (Å²) < 4.78 is 5.55. The minimum absolute atomic E-state index is 0.771. The second-order valence-electron chi connectivity index (χ2n) is 4.21. The van der Waals surface area contributed by atoms with Crippen molar-refractivity contribution in [1.29, 1.82) is 0 Å². The maximum absolute atomic E-state index is 5.55. The zero-order valence-electron chi connectivity index (χ0n) is 10.6. The average Bonchev–Trinajstić information content (AvgIpc) is 3.09. The molecule has 4 nitrogen and oxygen atoms in total. The van der Waals surface area contributed by atoms with Crippen molar-refractivity contribution in [2.45, 2.75) is 33.1 Å². The lowest BCUT2D eigenvalue weighted by molar-refractivity contribution is 0.129. The van der Waals surface area contributed by atoms with Crippen LogP contribution in [0.15, 0.2) is 4.99 Å². The molecule has 0 saturated heterocycles. The highest BCUT2D eigenvalue weighted by molar-refractivity contribution is 5.79. The summed E-state index contributed by atoms with van der Waals surface area (Å²) in [6, 6.07) is 0. The zero-order chi connectivity index (χ0) is 11.6. The van der Waals surface area contributed by atoms with E-state index in [1.807, 2.05) is 0 Å². The van der Waals surface area contributed by atoms with Gasteiger partial charge >= 0.3 is 0 Å². The molecule has 2 N–H and O–H groups in total. The molecule has 0 aliphatic heterocycles. The van der Waals surface area contributed by atoms with E-state index in [4.69, 9.17) is 4.74 Å². The highest BCUT2D eigenvalue weighted by Gasteiger charge is 2.20. The van der Waals surface area contributed by atoms with Gasteiger partial charge in [0.05, 0.1) is 6.61 Å². The average molecular weight is 227 g/mol. The van der Waals surface area contributed by atoms with E-state index >= 15 is 0 Å². The third-order valence-corrected chi connectivity index (χ3v) is 2.43. The van der Waals surface area contributed by atoms with Crippen LogP contribution in [0.3, 0.4) is 0 Å². The number of aliphatic imine (C=N–C) groups is 1. The van der Waals surface area contributed by atoms with Gasteiger partial charge in [0.2, 0.25) is 0 Å². The quantitative estimate of drug-likeness (QED) is 0.374. The fourth-order valence-electron chi connectivity index (χ4n) is 1.34. The molecule has 0 unspecified atom stereocenters. The Morgan fingerprint density at radius 2 is 2.12 bits per heavy atom. The molecule has 16 heavy (non-hydrogen) atoms. The minimum Gasteiger partial charge on any atom is -0.379 e. The lowest BCUT2D eigenvalue weighted by Gasteiger charge is -2.11. The van der Waals surface area contributed by atoms with Crippen LogP contribution >= 0.6 is 0 Å². The van der Waals surface area contributed by atoms with Gasteiger partial charge in [0.1, 0.15) is 0 Å². The van der Waals surface area contributed by atoms with Crippen molar-refractivity contribution < 1.29 is 4.74 Å². The Hall–Kier alpha value is -0.770. The maximum atomic E-state index is 5.55. The van der Waals surface area contributed by atoms with Gasteiger partial charge in [-0.05, 0) is 32.1 Å². The van der Waals surface area contributed by atoms with Crippen LogP contribution in [0.5, 0.6) is 0 Å². The van der Waals surface area contributed by atoms with Crippen molar-refractivity contribution in [2.75, 3.05) is 32.8 Å². The summed E-state index contributed by atoms with van der Waals surface area (Å²) in [4.78, 5) is 4.42. The number of nitrogens with zero attached hydrogens (tertiary/aromatic N) is 1. The van der Waals surface area contributed by atoms with Gasteiger partial charge in [-0.2, -0.15) is 0 Å². The van der Waals surface area contributed by atoms with Gasteiger partial charge in [-0.1, -0.05) is 6.92 Å². The van der Waals surface area contributed by atoms with Crippen LogP contribution in [0.2, 0.25) is 0 Å². The molecular weight excluding hydrogens is 202 g/mol. The summed E-state index contributed by atoms with van der Waals surface area (Å²) >= 11 is 0. The van der Waals surface area contributed by atoms with Crippen molar-refractivity contribution in [3.63, 3.8) is 0 Å². The lowest BCUT2D eigenvalue weighted by atomic mass is 10.5. The van der Waals surface area contributed by atoms with Crippen molar-refractivity contribution >= 4 is 5.96 Å². The highest BCUT2D eigenvalue weighted by atomic mass is 16.5. The second-order valence-corrected chi connectivity index (χ2v) is 4.21. The van der Waals surface area contributed by atoms with Crippen LogP contribution < -0.4 is 10.6 Å². The molecule has 1 aliphatic carbocycles. The minimum atomic E-state index is 0.771. The van der Waals surface area contributed by atoms with Gasteiger partial charge in [0.25, 0.3) is 0 Å². The molecule has 1 saturated carbocycles. The molecule has 0 aromatic rings. The highest BCUT2D eigenvalue weighted by Crippen LogP contribution is 2.28. The second kappa shape index (κ2) is 8.39. The van der Waals surface area contributed by atoms with E-state index in [1.54, 1.807) is 0 Å². The topological polar surface area (TPSA) is 45.7 Å². The van der Waals surface area contributed by atoms with E-state index in [0.29, 0.717) is 0 Å². The fraction of sp³-hybridized carbons (Fsp3) is 0.917. The summed E-state index contributed by atoms with van der Waals surface area (Å²) in [5.74, 6) is 1.75. The van der Waals surface area contributed by atoms with E-state index in [9.17, 15) is 0 Å². The van der Waals surface area contributed by atoms with E-state index in [-0.39, 0.29) is 0 Å². The summed E-state index contributed by atoms with van der Waals surface area (Å²) in [6.45, 7) is 8.52. The zero-order valence-corrected chi connectivity index (χ0v) is 10.6. The number of hydrogen-bond acceptors (Lipinski definition) is 2. The predicted molar refractivity (Wildman–Crippen MR) is 67.8 cm³/mol. The Morgan fingerprint density at radius 3 is 2.75 bits per heavy atom.